The molecule has 0 aliphatic heterocycles. The highest BCUT2D eigenvalue weighted by Gasteiger charge is 2.45. The fraction of sp³-hybridized carbons (Fsp3) is 0.400. The molecule has 0 amide bonds. The molecular weight excluding hydrogens is 450 g/mol. The van der Waals surface area contributed by atoms with Gasteiger partial charge in [-0.2, -0.15) is 0 Å². The summed E-state index contributed by atoms with van der Waals surface area (Å²) in [5, 5.41) is 12.1. The van der Waals surface area contributed by atoms with E-state index in [1.807, 2.05) is 18.2 Å². The van der Waals surface area contributed by atoms with Crippen molar-refractivity contribution in [3.63, 3.8) is 0 Å². The first-order valence-corrected chi connectivity index (χ1v) is 9.99. The third-order valence-electron chi connectivity index (χ3n) is 5.15. The number of halogens is 2. The Hall–Kier alpha value is -1.67. The molecule has 0 spiro atoms. The zero-order chi connectivity index (χ0) is 20.3. The first kappa shape index (κ1) is 21.0. The topological polar surface area (TPSA) is 70.8 Å². The van der Waals surface area contributed by atoms with Crippen molar-refractivity contribution in [1.29, 1.82) is 0 Å². The predicted octanol–water partition coefficient (Wildman–Crippen LogP) is 5.28. The van der Waals surface area contributed by atoms with Gasteiger partial charge in [0, 0.05) is 29.8 Å². The van der Waals surface area contributed by atoms with Gasteiger partial charge in [0.2, 0.25) is 0 Å². The smallest absolute Gasteiger partial charge is 0.312 e. The molecule has 3 rings (SSSR count). The van der Waals surface area contributed by atoms with Crippen molar-refractivity contribution >= 4 is 33.2 Å². The summed E-state index contributed by atoms with van der Waals surface area (Å²) in [6.07, 6.45) is 2.00. The van der Waals surface area contributed by atoms with Crippen molar-refractivity contribution in [3.05, 3.63) is 67.1 Å². The first-order chi connectivity index (χ1) is 13.4. The van der Waals surface area contributed by atoms with Crippen LogP contribution in [-0.4, -0.2) is 32.0 Å². The highest BCUT2D eigenvalue weighted by molar-refractivity contribution is 9.10. The van der Waals surface area contributed by atoms with E-state index >= 15 is 0 Å². The molecule has 150 valence electrons. The van der Waals surface area contributed by atoms with Crippen LogP contribution in [0.1, 0.15) is 24.0 Å². The van der Waals surface area contributed by atoms with E-state index in [1.54, 1.807) is 26.4 Å². The van der Waals surface area contributed by atoms with Gasteiger partial charge in [-0.05, 0) is 54.7 Å². The average molecular weight is 471 g/mol. The minimum atomic E-state index is -0.609. The van der Waals surface area contributed by atoms with Crippen molar-refractivity contribution < 1.29 is 19.1 Å². The van der Waals surface area contributed by atoms with Gasteiger partial charge >= 0.3 is 5.69 Å². The monoisotopic (exact) mass is 469 g/mol. The molecule has 0 heterocycles. The lowest BCUT2D eigenvalue weighted by Crippen LogP contribution is -2.49. The molecule has 0 aromatic heterocycles. The Morgan fingerprint density at radius 1 is 1.25 bits per heavy atom. The van der Waals surface area contributed by atoms with Crippen LogP contribution in [0.5, 0.6) is 5.75 Å². The van der Waals surface area contributed by atoms with Gasteiger partial charge in [0.05, 0.1) is 10.3 Å². The summed E-state index contributed by atoms with van der Waals surface area (Å²) in [4.78, 5) is 11.0. The normalized spacial score (nSPS) is 18.8. The molecule has 0 saturated heterocycles. The second-order valence-electron chi connectivity index (χ2n) is 6.77. The Bertz CT molecular complexity index is 874. The molecule has 0 bridgehead atoms. The van der Waals surface area contributed by atoms with Crippen LogP contribution in [0.3, 0.4) is 0 Å². The summed E-state index contributed by atoms with van der Waals surface area (Å²) in [5.41, 5.74) is 1.45. The van der Waals surface area contributed by atoms with Gasteiger partial charge in [0.15, 0.2) is 12.0 Å². The Balaban J connectivity index is 2.02. The third kappa shape index (κ3) is 4.03. The zero-order valence-electron chi connectivity index (χ0n) is 15.6. The summed E-state index contributed by atoms with van der Waals surface area (Å²) in [5.74, 6) is 0.208. The van der Waals surface area contributed by atoms with Crippen LogP contribution in [0, 0.1) is 10.1 Å². The standard InChI is InChI=1S/C20H21BrClNO5/c1-26-19(27-2)20(9-3-4-13-10-15(22)6-7-16(13)20)12-28-18-8-5-14(21)11-17(18)23(24)25/h5-8,10-11,19H,3-4,9,12H2,1-2H3/t20-/m0/s1. The van der Waals surface area contributed by atoms with E-state index in [0.717, 1.165) is 30.4 Å². The third-order valence-corrected chi connectivity index (χ3v) is 5.88. The minimum absolute atomic E-state index is 0.0944. The SMILES string of the molecule is COC(OC)[C@]1(COc2ccc(Br)cc2[N+](=O)[O-])CCCc2cc(Cl)ccc21. The van der Waals surface area contributed by atoms with Crippen LogP contribution < -0.4 is 4.74 Å². The number of aryl methyl sites for hydroxylation is 1. The Labute approximate surface area is 177 Å². The second-order valence-corrected chi connectivity index (χ2v) is 8.12. The van der Waals surface area contributed by atoms with E-state index < -0.39 is 16.6 Å². The van der Waals surface area contributed by atoms with Crippen LogP contribution in [0.2, 0.25) is 5.02 Å². The maximum Gasteiger partial charge on any atom is 0.312 e. The molecule has 1 aliphatic carbocycles. The quantitative estimate of drug-likeness (QED) is 0.313. The van der Waals surface area contributed by atoms with Crippen molar-refractivity contribution in [2.75, 3.05) is 20.8 Å². The number of methoxy groups -OCH3 is 2. The molecule has 6 nitrogen and oxygen atoms in total. The molecule has 0 unspecified atom stereocenters. The number of nitro benzene ring substituents is 1. The molecule has 1 aliphatic rings. The lowest BCUT2D eigenvalue weighted by Gasteiger charge is -2.42. The number of hydrogen-bond donors (Lipinski definition) is 0. The molecule has 0 saturated carbocycles. The molecule has 2 aromatic rings. The fourth-order valence-electron chi connectivity index (χ4n) is 3.96. The van der Waals surface area contributed by atoms with Gasteiger partial charge in [-0.15, -0.1) is 0 Å². The van der Waals surface area contributed by atoms with E-state index in [9.17, 15) is 10.1 Å². The van der Waals surface area contributed by atoms with E-state index in [2.05, 4.69) is 15.9 Å². The van der Waals surface area contributed by atoms with Crippen molar-refractivity contribution in [1.82, 2.24) is 0 Å². The fourth-order valence-corrected chi connectivity index (χ4v) is 4.50. The number of nitrogens with zero attached hydrogens (tertiary/aromatic N) is 1. The van der Waals surface area contributed by atoms with E-state index in [0.29, 0.717) is 9.50 Å². The maximum absolute atomic E-state index is 11.4. The highest BCUT2D eigenvalue weighted by Crippen LogP contribution is 2.43. The molecule has 0 radical (unpaired) electrons. The van der Waals surface area contributed by atoms with Crippen molar-refractivity contribution in [2.45, 2.75) is 31.0 Å². The molecule has 8 heteroatoms. The highest BCUT2D eigenvalue weighted by atomic mass is 79.9. The van der Waals surface area contributed by atoms with Crippen LogP contribution in [0.25, 0.3) is 0 Å². The Morgan fingerprint density at radius 3 is 2.68 bits per heavy atom. The molecule has 0 N–H and O–H groups in total. The van der Waals surface area contributed by atoms with Crippen LogP contribution in [0.15, 0.2) is 40.9 Å². The largest absolute Gasteiger partial charge is 0.486 e. The first-order valence-electron chi connectivity index (χ1n) is 8.82. The second kappa shape index (κ2) is 8.78. The molecule has 28 heavy (non-hydrogen) atoms. The number of hydrogen-bond acceptors (Lipinski definition) is 5. The summed E-state index contributed by atoms with van der Waals surface area (Å²) < 4.78 is 17.9. The number of benzene rings is 2. The van der Waals surface area contributed by atoms with E-state index in [-0.39, 0.29) is 18.0 Å². The Kier molecular flexibility index (Phi) is 6.60. The van der Waals surface area contributed by atoms with Crippen molar-refractivity contribution in [3.8, 4) is 5.75 Å². The van der Waals surface area contributed by atoms with Gasteiger partial charge in [-0.3, -0.25) is 10.1 Å². The molecule has 0 fully saturated rings. The van der Waals surface area contributed by atoms with Gasteiger partial charge in [0.1, 0.15) is 6.61 Å². The van der Waals surface area contributed by atoms with Gasteiger partial charge < -0.3 is 14.2 Å². The van der Waals surface area contributed by atoms with Gasteiger partial charge in [0.25, 0.3) is 0 Å². The number of ether oxygens (including phenoxy) is 3. The summed E-state index contributed by atoms with van der Waals surface area (Å²) in [7, 11) is 3.17. The summed E-state index contributed by atoms with van der Waals surface area (Å²) >= 11 is 9.45. The van der Waals surface area contributed by atoms with E-state index in [4.69, 9.17) is 25.8 Å². The summed E-state index contributed by atoms with van der Waals surface area (Å²) in [6, 6.07) is 10.5. The molecule has 2 aromatic carbocycles. The number of nitro groups is 1. The van der Waals surface area contributed by atoms with Crippen LogP contribution in [-0.2, 0) is 21.3 Å². The van der Waals surface area contributed by atoms with Crippen molar-refractivity contribution in [2.24, 2.45) is 0 Å². The molecule has 1 atom stereocenters. The molecular formula is C20H21BrClNO5. The minimum Gasteiger partial charge on any atom is -0.486 e. The van der Waals surface area contributed by atoms with Crippen LogP contribution >= 0.6 is 27.5 Å². The zero-order valence-corrected chi connectivity index (χ0v) is 18.0. The lowest BCUT2D eigenvalue weighted by molar-refractivity contribution is -0.386. The Morgan fingerprint density at radius 2 is 2.00 bits per heavy atom. The summed E-state index contributed by atoms with van der Waals surface area (Å²) in [6.45, 7) is 0.177. The van der Waals surface area contributed by atoms with Gasteiger partial charge in [-0.1, -0.05) is 33.6 Å². The number of rotatable bonds is 7. The predicted molar refractivity (Wildman–Crippen MR) is 110 cm³/mol. The van der Waals surface area contributed by atoms with Gasteiger partial charge in [-0.25, -0.2) is 0 Å². The van der Waals surface area contributed by atoms with E-state index in [1.165, 1.54) is 6.07 Å². The van der Waals surface area contributed by atoms with Crippen LogP contribution in [0.4, 0.5) is 5.69 Å². The average Bonchev–Trinajstić information content (AvgIpc) is 2.67. The number of fused-ring (bicyclic) bond motifs is 1. The lowest BCUT2D eigenvalue weighted by atomic mass is 9.69. The maximum atomic E-state index is 11.4.